The topological polar surface area (TPSA) is 90.4 Å². The molecule has 2 aliphatic heterocycles. The minimum Gasteiger partial charge on any atom is -0.493 e. The molecular formula is C25H22ClF3N4O3S. The molecule has 2 aromatic carbocycles. The fourth-order valence-electron chi connectivity index (χ4n) is 4.81. The second kappa shape index (κ2) is 9.71. The van der Waals surface area contributed by atoms with Crippen molar-refractivity contribution in [1.82, 2.24) is 9.47 Å². The molecule has 0 aliphatic carbocycles. The fraction of sp³-hybridized carbons (Fsp3) is 0.320. The van der Waals surface area contributed by atoms with Crippen molar-refractivity contribution in [2.24, 2.45) is 10.2 Å². The molecule has 2 N–H and O–H groups in total. The van der Waals surface area contributed by atoms with Crippen LogP contribution in [0.1, 0.15) is 34.0 Å². The molecule has 3 aromatic rings. The lowest BCUT2D eigenvalue weighted by atomic mass is 9.96. The largest absolute Gasteiger partial charge is 0.493 e. The van der Waals surface area contributed by atoms with Crippen LogP contribution in [0.25, 0.3) is 5.57 Å². The van der Waals surface area contributed by atoms with Crippen LogP contribution in [0, 0.1) is 0 Å². The number of aromatic hydroxyl groups is 1. The van der Waals surface area contributed by atoms with E-state index in [0.717, 1.165) is 22.0 Å². The third-order valence-electron chi connectivity index (χ3n) is 6.66. The van der Waals surface area contributed by atoms with Gasteiger partial charge in [-0.05, 0) is 54.1 Å². The molecule has 1 fully saturated rings. The Kier molecular flexibility index (Phi) is 6.73. The number of rotatable bonds is 4. The third kappa shape index (κ3) is 4.96. The van der Waals surface area contributed by atoms with Crippen LogP contribution in [0.2, 0.25) is 5.02 Å². The first-order valence-corrected chi connectivity index (χ1v) is 12.6. The first kappa shape index (κ1) is 25.7. The first-order chi connectivity index (χ1) is 17.5. The molecule has 2 aliphatic rings. The molecule has 0 amide bonds. The number of likely N-dealkylation sites (N-methyl/N-ethyl adjacent to an activating group) is 1. The van der Waals surface area contributed by atoms with Crippen molar-refractivity contribution >= 4 is 34.7 Å². The second-order valence-electron chi connectivity index (χ2n) is 9.15. The van der Waals surface area contributed by atoms with Crippen LogP contribution < -0.4 is 15.4 Å². The lowest BCUT2D eigenvalue weighted by Gasteiger charge is -2.34. The number of aromatic nitrogens is 1. The summed E-state index contributed by atoms with van der Waals surface area (Å²) in [5, 5.41) is 30.8. The molecule has 37 heavy (non-hydrogen) atoms. The van der Waals surface area contributed by atoms with E-state index in [2.05, 4.69) is 10.2 Å². The van der Waals surface area contributed by atoms with Crippen molar-refractivity contribution < 1.29 is 23.4 Å². The van der Waals surface area contributed by atoms with E-state index in [0.29, 0.717) is 41.2 Å². The summed E-state index contributed by atoms with van der Waals surface area (Å²) in [6.07, 6.45) is -3.82. The molecule has 194 valence electrons. The summed E-state index contributed by atoms with van der Waals surface area (Å²) in [6, 6.07) is 7.96. The van der Waals surface area contributed by atoms with Gasteiger partial charge in [-0.2, -0.15) is 23.4 Å². The number of β-amino-alcohol motifs (C(OH)–C–C–N with tert-alkyl or cyclic N) is 1. The maximum absolute atomic E-state index is 13.9. The number of benzene rings is 2. The highest BCUT2D eigenvalue weighted by molar-refractivity contribution is 7.10. The number of piperidine rings is 1. The number of fused-ring (bicyclic) bond motifs is 1. The maximum Gasteiger partial charge on any atom is 0.416 e. The van der Waals surface area contributed by atoms with E-state index in [-0.39, 0.29) is 27.8 Å². The van der Waals surface area contributed by atoms with E-state index in [1.807, 2.05) is 11.9 Å². The number of alkyl halides is 3. The minimum atomic E-state index is -4.66. The van der Waals surface area contributed by atoms with Crippen LogP contribution in [0.3, 0.4) is 0 Å². The zero-order chi connectivity index (χ0) is 26.5. The van der Waals surface area contributed by atoms with Gasteiger partial charge in [-0.15, -0.1) is 0 Å². The number of hydrogen-bond acceptors (Lipinski definition) is 7. The second-order valence-corrected chi connectivity index (χ2v) is 10.5. The third-order valence-corrected chi connectivity index (χ3v) is 7.89. The zero-order valence-electron chi connectivity index (χ0n) is 19.5. The molecule has 1 aromatic heterocycles. The highest BCUT2D eigenvalue weighted by Crippen LogP contribution is 2.38. The standard InChI is InChI=1S/C25H22ClF3N4O3S/c1-32-7-6-20(21(34)12-32)33-23(35)22(37-24(33)36)17(13-3-5-19-15(8-13)11-30-31-19)9-14-2-4-16(26)10-18(14)25(27,28)29/h2-5,8,10-11,20-21,34-35H,6-7,9,12H2,1H3/t20-,21-/m0/s1. The van der Waals surface area contributed by atoms with Crippen molar-refractivity contribution in [3.05, 3.63) is 83.2 Å². The number of hydrogen-bond donors (Lipinski definition) is 2. The van der Waals surface area contributed by atoms with Crippen LogP contribution in [-0.2, 0) is 12.6 Å². The van der Waals surface area contributed by atoms with Crippen molar-refractivity contribution in [3.63, 3.8) is 0 Å². The van der Waals surface area contributed by atoms with Gasteiger partial charge in [0.2, 0.25) is 5.88 Å². The average molecular weight is 551 g/mol. The molecule has 12 heteroatoms. The van der Waals surface area contributed by atoms with E-state index < -0.39 is 28.8 Å². The smallest absolute Gasteiger partial charge is 0.416 e. The zero-order valence-corrected chi connectivity index (χ0v) is 21.1. The van der Waals surface area contributed by atoms with Gasteiger partial charge in [0.05, 0.1) is 34.2 Å². The van der Waals surface area contributed by atoms with E-state index >= 15 is 0 Å². The van der Waals surface area contributed by atoms with Crippen molar-refractivity contribution in [3.8, 4) is 5.88 Å². The predicted molar refractivity (Wildman–Crippen MR) is 135 cm³/mol. The van der Waals surface area contributed by atoms with Crippen LogP contribution in [0.5, 0.6) is 5.88 Å². The van der Waals surface area contributed by atoms with Gasteiger partial charge in [0.15, 0.2) is 0 Å². The molecule has 0 spiro atoms. The summed E-state index contributed by atoms with van der Waals surface area (Å²) in [7, 11) is 1.85. The summed E-state index contributed by atoms with van der Waals surface area (Å²) in [5.74, 6) is -0.375. The molecule has 0 unspecified atom stereocenters. The Morgan fingerprint density at radius 1 is 1.24 bits per heavy atom. The van der Waals surface area contributed by atoms with E-state index in [9.17, 15) is 28.2 Å². The molecule has 0 radical (unpaired) electrons. The van der Waals surface area contributed by atoms with Gasteiger partial charge in [-0.25, -0.2) is 0 Å². The van der Waals surface area contributed by atoms with Crippen molar-refractivity contribution in [2.75, 3.05) is 20.1 Å². The van der Waals surface area contributed by atoms with E-state index in [4.69, 9.17) is 11.6 Å². The molecular weight excluding hydrogens is 529 g/mol. The normalized spacial score (nSPS) is 20.6. The first-order valence-electron chi connectivity index (χ1n) is 11.4. The molecule has 3 heterocycles. The number of likely N-dealkylation sites (tertiary alicyclic amines) is 1. The predicted octanol–water partition coefficient (Wildman–Crippen LogP) is 2.93. The van der Waals surface area contributed by atoms with Crippen LogP contribution in [-0.4, -0.2) is 52.1 Å². The molecule has 0 bridgehead atoms. The summed E-state index contributed by atoms with van der Waals surface area (Å²) in [5.41, 5.74) is 0.0416. The molecule has 7 nitrogen and oxygen atoms in total. The number of thiazole rings is 1. The Hall–Kier alpha value is -2.99. The number of aliphatic hydroxyl groups excluding tert-OH is 1. The SMILES string of the molecule is CN1CC[C@H](n2c(O)c(C(Cc3ccc(Cl)cc3C(F)(F)F)=c3ccc4c(c3)C=NN=4)sc2=O)[C@@H](O)C1. The summed E-state index contributed by atoms with van der Waals surface area (Å²) < 4.78 is 42.9. The van der Waals surface area contributed by atoms with E-state index in [1.54, 1.807) is 18.2 Å². The highest BCUT2D eigenvalue weighted by atomic mass is 35.5. The summed E-state index contributed by atoms with van der Waals surface area (Å²) >= 11 is 6.62. The van der Waals surface area contributed by atoms with Crippen LogP contribution in [0.4, 0.5) is 13.2 Å². The van der Waals surface area contributed by atoms with Crippen LogP contribution in [0.15, 0.2) is 51.4 Å². The van der Waals surface area contributed by atoms with Gasteiger partial charge in [0.1, 0.15) is 0 Å². The van der Waals surface area contributed by atoms with E-state index in [1.165, 1.54) is 18.3 Å². The Morgan fingerprint density at radius 2 is 2.03 bits per heavy atom. The van der Waals surface area contributed by atoms with Crippen LogP contribution >= 0.6 is 22.9 Å². The minimum absolute atomic E-state index is 0.0529. The molecule has 2 atom stereocenters. The molecule has 5 rings (SSSR count). The quantitative estimate of drug-likeness (QED) is 0.523. The Balaban J connectivity index is 1.70. The van der Waals surface area contributed by atoms with Gasteiger partial charge < -0.3 is 15.1 Å². The van der Waals surface area contributed by atoms with Crippen molar-refractivity contribution in [1.29, 1.82) is 0 Å². The number of halogens is 4. The number of aliphatic hydroxyl groups is 1. The Labute approximate surface area is 218 Å². The van der Waals surface area contributed by atoms with Gasteiger partial charge in [0.25, 0.3) is 0 Å². The maximum atomic E-state index is 13.9. The van der Waals surface area contributed by atoms with Gasteiger partial charge in [0, 0.05) is 30.1 Å². The van der Waals surface area contributed by atoms with Crippen molar-refractivity contribution in [2.45, 2.75) is 31.2 Å². The average Bonchev–Trinajstić information content (AvgIpc) is 3.41. The highest BCUT2D eigenvalue weighted by Gasteiger charge is 2.35. The molecule has 0 saturated carbocycles. The Bertz CT molecular complexity index is 1580. The number of nitrogens with zero attached hydrogens (tertiary/aromatic N) is 4. The lowest BCUT2D eigenvalue weighted by molar-refractivity contribution is -0.138. The monoisotopic (exact) mass is 550 g/mol. The van der Waals surface area contributed by atoms with Gasteiger partial charge >= 0.3 is 11.0 Å². The molecule has 1 saturated heterocycles. The lowest BCUT2D eigenvalue weighted by Crippen LogP contribution is -2.44. The summed E-state index contributed by atoms with van der Waals surface area (Å²) in [4.78, 5) is 14.7. The Morgan fingerprint density at radius 3 is 2.76 bits per heavy atom. The van der Waals surface area contributed by atoms with Gasteiger partial charge in [-0.3, -0.25) is 9.36 Å². The summed E-state index contributed by atoms with van der Waals surface area (Å²) in [6.45, 7) is 0.939. The van der Waals surface area contributed by atoms with Gasteiger partial charge in [-0.1, -0.05) is 35.1 Å². The fourth-order valence-corrected chi connectivity index (χ4v) is 5.98.